The predicted octanol–water partition coefficient (Wildman–Crippen LogP) is 8.85. The second-order valence-corrected chi connectivity index (χ2v) is 23.8. The molecule has 0 saturated carbocycles. The van der Waals surface area contributed by atoms with Gasteiger partial charge in [-0.05, 0) is 102 Å². The Bertz CT molecular complexity index is 3180. The quantitative estimate of drug-likeness (QED) is 0.0506. The minimum atomic E-state index is -0.730. The molecule has 1 fully saturated rings. The van der Waals surface area contributed by atoms with Crippen LogP contribution in [-0.2, 0) is 51.9 Å². The van der Waals surface area contributed by atoms with E-state index in [9.17, 15) is 19.6 Å². The molecular weight excluding hydrogens is 1080 g/mol. The number of nitrogens with one attached hydrogen (secondary N) is 1. The van der Waals surface area contributed by atoms with Gasteiger partial charge >= 0.3 is 0 Å². The van der Waals surface area contributed by atoms with Gasteiger partial charge in [-0.2, -0.15) is 0 Å². The maximum atomic E-state index is 15.5. The van der Waals surface area contributed by atoms with Crippen LogP contribution < -0.4 is 11.1 Å². The summed E-state index contributed by atoms with van der Waals surface area (Å²) in [5, 5.41) is 17.8. The van der Waals surface area contributed by atoms with Gasteiger partial charge in [0.05, 0.1) is 37.3 Å². The Balaban J connectivity index is 1.20. The monoisotopic (exact) mass is 1170 g/mol. The van der Waals surface area contributed by atoms with E-state index in [0.717, 1.165) is 21.8 Å². The molecule has 17 nitrogen and oxygen atoms in total. The number of nitrogens with zero attached hydrogens (tertiary/aromatic N) is 7. The van der Waals surface area contributed by atoms with Crippen LogP contribution in [0.3, 0.4) is 0 Å². The molecule has 0 aliphatic carbocycles. The number of nitrogens with two attached hydrogens (primary N) is 1. The number of hydrogen-bond acceptors (Lipinski definition) is 9. The average Bonchev–Trinajstić information content (AvgIpc) is 1.47. The van der Waals surface area contributed by atoms with E-state index >= 15 is 19.2 Å². The fourth-order valence-electron chi connectivity index (χ4n) is 11.6. The lowest BCUT2D eigenvalue weighted by Gasteiger charge is -2.50. The molecule has 453 valence electrons. The Hall–Kier alpha value is -8.51. The first-order valence-electron chi connectivity index (χ1n) is 29.5. The van der Waals surface area contributed by atoms with Gasteiger partial charge < -0.3 is 40.4 Å². The number of benzene rings is 6. The molecular formula is C69H84N9O8. The van der Waals surface area contributed by atoms with Gasteiger partial charge in [-0.15, -0.1) is 10.3 Å². The van der Waals surface area contributed by atoms with Gasteiger partial charge in [-0.3, -0.25) is 33.6 Å². The first-order valence-corrected chi connectivity index (χ1v) is 29.5. The van der Waals surface area contributed by atoms with Gasteiger partial charge in [0.2, 0.25) is 41.4 Å². The molecule has 7 amide bonds. The highest BCUT2D eigenvalue weighted by molar-refractivity contribution is 5.93. The zero-order valence-electron chi connectivity index (χ0n) is 51.0. The van der Waals surface area contributed by atoms with Crippen molar-refractivity contribution in [2.24, 2.45) is 5.73 Å². The Morgan fingerprint density at radius 2 is 0.686 bits per heavy atom. The largest absolute Gasteiger partial charge is 0.368 e. The maximum Gasteiger partial charge on any atom is 0.243 e. The molecule has 0 aromatic heterocycles. The van der Waals surface area contributed by atoms with Crippen LogP contribution in [0.2, 0.25) is 0 Å². The lowest BCUT2D eigenvalue weighted by atomic mass is 9.79. The third-order valence-electron chi connectivity index (χ3n) is 16.4. The molecule has 0 bridgehead atoms. The number of piperidine rings is 1. The third kappa shape index (κ3) is 17.6. The van der Waals surface area contributed by atoms with Crippen molar-refractivity contribution in [1.29, 1.82) is 0 Å². The Labute approximate surface area is 507 Å². The summed E-state index contributed by atoms with van der Waals surface area (Å²) in [5.74, 6) is -3.84. The summed E-state index contributed by atoms with van der Waals surface area (Å²) in [4.78, 5) is 112. The van der Waals surface area contributed by atoms with Gasteiger partial charge in [0.15, 0.2) is 0 Å². The normalized spacial score (nSPS) is 15.2. The van der Waals surface area contributed by atoms with E-state index in [1.807, 2.05) is 217 Å². The van der Waals surface area contributed by atoms with Crippen molar-refractivity contribution >= 4 is 41.4 Å². The van der Waals surface area contributed by atoms with Crippen molar-refractivity contribution in [3.63, 3.8) is 0 Å². The molecule has 86 heavy (non-hydrogen) atoms. The van der Waals surface area contributed by atoms with Crippen LogP contribution in [0.4, 0.5) is 0 Å². The van der Waals surface area contributed by atoms with Gasteiger partial charge in [0.1, 0.15) is 32.7 Å². The fourth-order valence-corrected chi connectivity index (χ4v) is 11.6. The van der Waals surface area contributed by atoms with Crippen molar-refractivity contribution in [2.75, 3.05) is 45.8 Å². The van der Waals surface area contributed by atoms with E-state index in [1.54, 1.807) is 20.8 Å². The van der Waals surface area contributed by atoms with Gasteiger partial charge in [-0.25, -0.2) is 0 Å². The predicted molar refractivity (Wildman–Crippen MR) is 331 cm³/mol. The fraction of sp³-hybridized carbons (Fsp3) is 0.377. The van der Waals surface area contributed by atoms with Gasteiger partial charge in [0.25, 0.3) is 0 Å². The van der Waals surface area contributed by atoms with Gasteiger partial charge in [-0.1, -0.05) is 182 Å². The van der Waals surface area contributed by atoms with Crippen LogP contribution in [0.1, 0.15) is 126 Å². The van der Waals surface area contributed by atoms with Crippen LogP contribution in [-0.4, -0.2) is 139 Å². The molecule has 17 heteroatoms. The van der Waals surface area contributed by atoms with Crippen LogP contribution >= 0.6 is 0 Å². The molecule has 3 N–H and O–H groups in total. The van der Waals surface area contributed by atoms with Crippen molar-refractivity contribution in [2.45, 2.75) is 123 Å². The number of amides is 7. The topological polar surface area (TPSA) is 200 Å². The Morgan fingerprint density at radius 1 is 0.419 bits per heavy atom. The first kappa shape index (κ1) is 65.0. The molecule has 1 heterocycles. The minimum Gasteiger partial charge on any atom is -0.368 e. The van der Waals surface area contributed by atoms with Gasteiger partial charge in [0, 0.05) is 30.2 Å². The average molecular weight is 1170 g/mol. The second-order valence-electron chi connectivity index (χ2n) is 23.8. The Kier molecular flexibility index (Phi) is 22.7. The molecule has 7 rings (SSSR count). The molecule has 1 aliphatic rings. The first-order chi connectivity index (χ1) is 41.0. The number of rotatable bonds is 27. The summed E-state index contributed by atoms with van der Waals surface area (Å²) in [5.41, 5.74) is 8.77. The molecule has 1 saturated heterocycles. The highest BCUT2D eigenvalue weighted by Crippen LogP contribution is 2.37. The lowest BCUT2D eigenvalue weighted by Crippen LogP contribution is -2.62. The van der Waals surface area contributed by atoms with E-state index in [0.29, 0.717) is 29.5 Å². The van der Waals surface area contributed by atoms with E-state index < -0.39 is 110 Å². The number of hydroxylamine groups is 2. The van der Waals surface area contributed by atoms with Crippen molar-refractivity contribution in [3.8, 4) is 0 Å². The number of primary amides is 1. The molecule has 0 spiro atoms. The SMILES string of the molecule is C[C@@H](c1ccccc1)N(CC(N)=O)C(=O)CN(Cc1ccccc1)C(=O)CN(C(=O)CN(C(=O)CN(Cc1ccccc1)C(=O)CN(C(=O)CNC1CC(C)(C)N([O])C(C)(C)C1)[C@@H](C)c1ccccc1)[C@@H](C)c1ccccc1)[C@@H](C)c1ccccc1. The van der Waals surface area contributed by atoms with Crippen LogP contribution in [0.15, 0.2) is 182 Å². The minimum absolute atomic E-state index is 0.00646. The van der Waals surface area contributed by atoms with Crippen molar-refractivity contribution in [1.82, 2.24) is 39.8 Å². The third-order valence-corrected chi connectivity index (χ3v) is 16.4. The summed E-state index contributed by atoms with van der Waals surface area (Å²) in [6.45, 7) is 11.9. The molecule has 1 radical (unpaired) electrons. The van der Waals surface area contributed by atoms with E-state index in [1.165, 1.54) is 29.4 Å². The number of hydrogen-bond donors (Lipinski definition) is 2. The maximum absolute atomic E-state index is 15.5. The van der Waals surface area contributed by atoms with Crippen LogP contribution in [0.25, 0.3) is 0 Å². The van der Waals surface area contributed by atoms with E-state index in [-0.39, 0.29) is 31.6 Å². The Morgan fingerprint density at radius 3 is 1.00 bits per heavy atom. The summed E-state index contributed by atoms with van der Waals surface area (Å²) in [6.07, 6.45) is 1.02. The van der Waals surface area contributed by atoms with Crippen LogP contribution in [0.5, 0.6) is 0 Å². The summed E-state index contributed by atoms with van der Waals surface area (Å²) >= 11 is 0. The zero-order valence-corrected chi connectivity index (χ0v) is 51.0. The zero-order chi connectivity index (χ0) is 62.1. The van der Waals surface area contributed by atoms with Crippen LogP contribution in [0, 0.1) is 0 Å². The highest BCUT2D eigenvalue weighted by Gasteiger charge is 2.46. The molecule has 4 atom stereocenters. The smallest absolute Gasteiger partial charge is 0.243 e. The van der Waals surface area contributed by atoms with E-state index in [4.69, 9.17) is 5.73 Å². The standard InChI is InChI=1S/C69H84N9O8/c1-50(56-31-19-11-20-32-56)74(44-61(70)79)65(83)45-72(42-54-27-15-9-16-28-54)64(82)48-76(52(3)58-35-23-13-24-36-58)67(85)49-77(53(4)59-37-25-14-26-38-59)66(84)46-73(43-55-29-17-10-18-30-55)63(81)47-75(51(2)57-33-21-12-22-34-57)62(80)41-71-60-39-68(5,6)78(86)69(7,8)40-60/h9-38,50-53,60,71H,39-49H2,1-8H3,(H2,70,79)/t50-,51-,52-,53-/m0/s1. The molecule has 1 aliphatic heterocycles. The molecule has 0 unspecified atom stereocenters. The van der Waals surface area contributed by atoms with Crippen molar-refractivity contribution in [3.05, 3.63) is 215 Å². The summed E-state index contributed by atoms with van der Waals surface area (Å²) in [7, 11) is 0. The molecule has 6 aromatic rings. The molecule has 6 aromatic carbocycles. The van der Waals surface area contributed by atoms with E-state index in [2.05, 4.69) is 5.32 Å². The number of carbonyl (C=O) groups excluding carboxylic acids is 7. The summed E-state index contributed by atoms with van der Waals surface area (Å²) < 4.78 is 0. The highest BCUT2D eigenvalue weighted by atomic mass is 16.5. The van der Waals surface area contributed by atoms with Crippen molar-refractivity contribution < 1.29 is 38.8 Å². The second kappa shape index (κ2) is 30.0. The summed E-state index contributed by atoms with van der Waals surface area (Å²) in [6, 6.07) is 52.6. The number of carbonyl (C=O) groups is 7. The lowest BCUT2D eigenvalue weighted by molar-refractivity contribution is -0.290.